The average Bonchev–Trinajstić information content (AvgIpc) is 2.57. The Bertz CT molecular complexity index is 336. The monoisotopic (exact) mass is 243 g/mol. The Morgan fingerprint density at radius 1 is 1.35 bits per heavy atom. The molecule has 1 aliphatic heterocycles. The lowest BCUT2D eigenvalue weighted by atomic mass is 10.1. The Morgan fingerprint density at radius 3 is 2.59 bits per heavy atom. The van der Waals surface area contributed by atoms with Gasteiger partial charge in [0.2, 0.25) is 5.91 Å². The van der Waals surface area contributed by atoms with Gasteiger partial charge in [-0.05, 0) is 13.0 Å². The van der Waals surface area contributed by atoms with Gasteiger partial charge < -0.3 is 20.8 Å². The van der Waals surface area contributed by atoms with Gasteiger partial charge in [0.25, 0.3) is 0 Å². The molecule has 96 valence electrons. The van der Waals surface area contributed by atoms with Crippen LogP contribution < -0.4 is 11.1 Å². The highest BCUT2D eigenvalue weighted by molar-refractivity contribution is 5.96. The third-order valence-corrected chi connectivity index (χ3v) is 3.56. The summed E-state index contributed by atoms with van der Waals surface area (Å²) in [4.78, 5) is 24.0. The lowest BCUT2D eigenvalue weighted by Gasteiger charge is -2.33. The highest BCUT2D eigenvalue weighted by atomic mass is 16.3. The van der Waals surface area contributed by atoms with E-state index in [1.165, 1.54) is 4.90 Å². The summed E-state index contributed by atoms with van der Waals surface area (Å²) in [6.07, 6.45) is -1.23. The van der Waals surface area contributed by atoms with Crippen LogP contribution in [0.1, 0.15) is 12.8 Å². The van der Waals surface area contributed by atoms with Crippen LogP contribution in [0.5, 0.6) is 0 Å². The molecule has 4 atom stereocenters. The summed E-state index contributed by atoms with van der Waals surface area (Å²) in [5, 5.41) is 21.8. The van der Waals surface area contributed by atoms with E-state index in [9.17, 15) is 19.8 Å². The molecular weight excluding hydrogens is 226 g/mol. The molecule has 1 saturated carbocycles. The smallest absolute Gasteiger partial charge is 0.324 e. The Hall–Kier alpha value is -1.18. The molecule has 0 bridgehead atoms. The summed E-state index contributed by atoms with van der Waals surface area (Å²) in [6, 6.07) is -0.971. The fraction of sp³-hybridized carbons (Fsp3) is 0.800. The van der Waals surface area contributed by atoms with Crippen LogP contribution in [-0.4, -0.2) is 58.4 Å². The minimum absolute atomic E-state index is 0.208. The van der Waals surface area contributed by atoms with Gasteiger partial charge in [-0.25, -0.2) is 4.79 Å². The number of nitrogens with one attached hydrogen (secondary N) is 1. The van der Waals surface area contributed by atoms with Crippen molar-refractivity contribution in [3.05, 3.63) is 0 Å². The molecule has 5 N–H and O–H groups in total. The van der Waals surface area contributed by atoms with Gasteiger partial charge in [-0.2, -0.15) is 0 Å². The number of carbonyl (C=O) groups is 2. The lowest BCUT2D eigenvalue weighted by molar-refractivity contribution is -0.122. The van der Waals surface area contributed by atoms with E-state index in [1.807, 2.05) is 0 Å². The second-order valence-corrected chi connectivity index (χ2v) is 4.58. The van der Waals surface area contributed by atoms with E-state index < -0.39 is 24.3 Å². The van der Waals surface area contributed by atoms with Crippen molar-refractivity contribution >= 4 is 11.9 Å². The molecule has 1 saturated heterocycles. The van der Waals surface area contributed by atoms with E-state index in [1.54, 1.807) is 0 Å². The third-order valence-electron chi connectivity index (χ3n) is 3.56. The van der Waals surface area contributed by atoms with Gasteiger partial charge >= 0.3 is 6.03 Å². The van der Waals surface area contributed by atoms with Gasteiger partial charge in [0, 0.05) is 18.9 Å². The fourth-order valence-electron chi connectivity index (χ4n) is 2.54. The highest BCUT2D eigenvalue weighted by Gasteiger charge is 2.45. The SMILES string of the molecule is NC[C@@H]1C[C@@H](N2CCC(=O)NC2=O)[C@@H](O)[C@@H]1O. The van der Waals surface area contributed by atoms with Gasteiger partial charge in [-0.3, -0.25) is 10.1 Å². The number of aliphatic hydroxyl groups is 2. The van der Waals surface area contributed by atoms with Crippen molar-refractivity contribution < 1.29 is 19.8 Å². The van der Waals surface area contributed by atoms with Crippen LogP contribution >= 0.6 is 0 Å². The summed E-state index contributed by atoms with van der Waals surface area (Å²) in [7, 11) is 0. The fourth-order valence-corrected chi connectivity index (χ4v) is 2.54. The molecule has 0 spiro atoms. The quantitative estimate of drug-likeness (QED) is 0.447. The van der Waals surface area contributed by atoms with Gasteiger partial charge in [0.15, 0.2) is 0 Å². The van der Waals surface area contributed by atoms with Gasteiger partial charge in [-0.15, -0.1) is 0 Å². The number of hydrogen-bond acceptors (Lipinski definition) is 5. The number of rotatable bonds is 2. The maximum atomic E-state index is 11.6. The van der Waals surface area contributed by atoms with Crippen molar-refractivity contribution in [2.45, 2.75) is 31.1 Å². The topological polar surface area (TPSA) is 116 Å². The molecule has 7 heteroatoms. The second kappa shape index (κ2) is 4.59. The first-order chi connectivity index (χ1) is 8.04. The number of carbonyl (C=O) groups excluding carboxylic acids is 2. The van der Waals surface area contributed by atoms with Crippen LogP contribution in [0.25, 0.3) is 0 Å². The number of hydrogen-bond donors (Lipinski definition) is 4. The molecule has 3 amide bonds. The standard InChI is InChI=1S/C10H17N3O4/c11-4-5-3-6(9(16)8(5)15)13-2-1-7(14)12-10(13)17/h5-6,8-9,15-16H,1-4,11H2,(H,12,14,17)/t5-,6+,8+,9+/m0/s1. The molecule has 0 radical (unpaired) electrons. The molecule has 17 heavy (non-hydrogen) atoms. The molecule has 0 aromatic heterocycles. The molecule has 0 unspecified atom stereocenters. The van der Waals surface area contributed by atoms with Crippen molar-refractivity contribution in [1.82, 2.24) is 10.2 Å². The Kier molecular flexibility index (Phi) is 3.32. The number of amides is 3. The van der Waals surface area contributed by atoms with E-state index in [4.69, 9.17) is 5.73 Å². The molecular formula is C10H17N3O4. The maximum absolute atomic E-state index is 11.6. The van der Waals surface area contributed by atoms with Gasteiger partial charge in [0.05, 0.1) is 12.1 Å². The molecule has 1 heterocycles. The highest BCUT2D eigenvalue weighted by Crippen LogP contribution is 2.30. The van der Waals surface area contributed by atoms with Gasteiger partial charge in [-0.1, -0.05) is 0 Å². The normalized spacial score (nSPS) is 38.4. The zero-order chi connectivity index (χ0) is 12.6. The first kappa shape index (κ1) is 12.3. The summed E-state index contributed by atoms with van der Waals surface area (Å²) in [5.74, 6) is -0.518. The second-order valence-electron chi connectivity index (χ2n) is 4.58. The first-order valence-electron chi connectivity index (χ1n) is 5.71. The minimum atomic E-state index is -0.998. The maximum Gasteiger partial charge on any atom is 0.324 e. The van der Waals surface area contributed by atoms with Crippen LogP contribution in [0.15, 0.2) is 0 Å². The van der Waals surface area contributed by atoms with Crippen molar-refractivity contribution in [1.29, 1.82) is 0 Å². The largest absolute Gasteiger partial charge is 0.390 e. The number of urea groups is 1. The lowest BCUT2D eigenvalue weighted by Crippen LogP contribution is -2.56. The first-order valence-corrected chi connectivity index (χ1v) is 5.71. The van der Waals surface area contributed by atoms with Crippen LogP contribution in [0.4, 0.5) is 4.79 Å². The van der Waals surface area contributed by atoms with Crippen molar-refractivity contribution in [2.24, 2.45) is 11.7 Å². The summed E-state index contributed by atoms with van der Waals surface area (Å²) < 4.78 is 0. The third kappa shape index (κ3) is 2.13. The van der Waals surface area contributed by atoms with E-state index in [-0.39, 0.29) is 31.3 Å². The molecule has 0 aromatic carbocycles. The zero-order valence-electron chi connectivity index (χ0n) is 9.37. The summed E-state index contributed by atoms with van der Waals surface area (Å²) in [6.45, 7) is 0.541. The Balaban J connectivity index is 2.08. The van der Waals surface area contributed by atoms with E-state index in [0.717, 1.165) is 0 Å². The van der Waals surface area contributed by atoms with E-state index >= 15 is 0 Å². The predicted octanol–water partition coefficient (Wildman–Crippen LogP) is -2.00. The molecule has 1 aliphatic carbocycles. The van der Waals surface area contributed by atoms with Crippen LogP contribution in [0.3, 0.4) is 0 Å². The van der Waals surface area contributed by atoms with Crippen LogP contribution in [0, 0.1) is 5.92 Å². The van der Waals surface area contributed by atoms with Crippen molar-refractivity contribution in [3.8, 4) is 0 Å². The predicted molar refractivity (Wildman–Crippen MR) is 57.8 cm³/mol. The summed E-state index contributed by atoms with van der Waals surface area (Å²) >= 11 is 0. The average molecular weight is 243 g/mol. The molecule has 2 fully saturated rings. The number of nitrogens with zero attached hydrogens (tertiary/aromatic N) is 1. The van der Waals surface area contributed by atoms with Crippen molar-refractivity contribution in [3.63, 3.8) is 0 Å². The van der Waals surface area contributed by atoms with Gasteiger partial charge in [0.1, 0.15) is 6.10 Å². The number of nitrogens with two attached hydrogens (primary N) is 1. The zero-order valence-corrected chi connectivity index (χ0v) is 9.37. The van der Waals surface area contributed by atoms with E-state index in [2.05, 4.69) is 5.32 Å². The van der Waals surface area contributed by atoms with Crippen LogP contribution in [0.2, 0.25) is 0 Å². The molecule has 2 rings (SSSR count). The number of aliphatic hydroxyl groups excluding tert-OH is 2. The molecule has 0 aromatic rings. The summed E-state index contributed by atoms with van der Waals surface area (Å²) in [5.41, 5.74) is 5.49. The number of imide groups is 1. The van der Waals surface area contributed by atoms with E-state index in [0.29, 0.717) is 6.42 Å². The molecule has 7 nitrogen and oxygen atoms in total. The Morgan fingerprint density at radius 2 is 2.06 bits per heavy atom. The minimum Gasteiger partial charge on any atom is -0.390 e. The van der Waals surface area contributed by atoms with Crippen molar-refractivity contribution in [2.75, 3.05) is 13.1 Å². The Labute approximate surface area is 98.6 Å². The molecule has 2 aliphatic rings. The van der Waals surface area contributed by atoms with Crippen LogP contribution in [-0.2, 0) is 4.79 Å².